The highest BCUT2D eigenvalue weighted by atomic mass is 32.3. The van der Waals surface area contributed by atoms with Crippen LogP contribution in [-0.4, -0.2) is 50.9 Å². The molecule has 10 nitrogen and oxygen atoms in total. The minimum absolute atomic E-state index is 0.250. The molecule has 0 aromatic carbocycles. The summed E-state index contributed by atoms with van der Waals surface area (Å²) in [5.41, 5.74) is 0. The number of rotatable bonds is 6. The molecule has 0 aliphatic rings. The van der Waals surface area contributed by atoms with E-state index in [1.54, 1.807) is 6.92 Å². The van der Waals surface area contributed by atoms with Crippen molar-refractivity contribution in [2.24, 2.45) is 0 Å². The van der Waals surface area contributed by atoms with E-state index in [-0.39, 0.29) is 6.61 Å². The van der Waals surface area contributed by atoms with Gasteiger partial charge in [0.2, 0.25) is 0 Å². The maximum atomic E-state index is 9.86. The van der Waals surface area contributed by atoms with Gasteiger partial charge in [0.15, 0.2) is 0 Å². The van der Waals surface area contributed by atoms with Crippen molar-refractivity contribution in [3.63, 3.8) is 0 Å². The van der Waals surface area contributed by atoms with Crippen molar-refractivity contribution in [2.45, 2.75) is 6.92 Å². The van der Waals surface area contributed by atoms with E-state index < -0.39 is 34.0 Å². The van der Waals surface area contributed by atoms with E-state index in [1.165, 1.54) is 0 Å². The molecule has 0 atom stereocenters. The van der Waals surface area contributed by atoms with Crippen LogP contribution in [-0.2, 0) is 34.2 Å². The lowest BCUT2D eigenvalue weighted by molar-refractivity contribution is -0.211. The van der Waals surface area contributed by atoms with Crippen LogP contribution in [0.2, 0.25) is 0 Å². The Morgan fingerprint density at radius 3 is 1.75 bits per heavy atom. The molecule has 0 saturated heterocycles. The van der Waals surface area contributed by atoms with Crippen LogP contribution >= 0.6 is 0 Å². The first-order chi connectivity index (χ1) is 7.12. The number of hydrogen-bond donors (Lipinski definition) is 3. The van der Waals surface area contributed by atoms with Gasteiger partial charge in [0.1, 0.15) is 6.61 Å². The lowest BCUT2D eigenvalue weighted by atomic mass is 10.8. The molecule has 0 rings (SSSR count). The maximum absolute atomic E-state index is 9.86. The van der Waals surface area contributed by atoms with Crippen molar-refractivity contribution in [3.05, 3.63) is 0 Å². The zero-order chi connectivity index (χ0) is 13.2. The summed E-state index contributed by atoms with van der Waals surface area (Å²) >= 11 is 0. The van der Waals surface area contributed by atoms with E-state index in [2.05, 4.69) is 13.4 Å². The van der Waals surface area contributed by atoms with Crippen molar-refractivity contribution in [1.82, 2.24) is 0 Å². The van der Waals surface area contributed by atoms with Gasteiger partial charge >= 0.3 is 20.8 Å². The van der Waals surface area contributed by atoms with Gasteiger partial charge in [-0.05, 0) is 6.92 Å². The van der Waals surface area contributed by atoms with E-state index >= 15 is 0 Å². The summed E-state index contributed by atoms with van der Waals surface area (Å²) < 4.78 is 62.2. The summed E-state index contributed by atoms with van der Waals surface area (Å²) in [5.74, 6) is 0. The van der Waals surface area contributed by atoms with Crippen LogP contribution in [0.5, 0.6) is 0 Å². The third kappa shape index (κ3) is 23.5. The van der Waals surface area contributed by atoms with Crippen molar-refractivity contribution >= 4 is 20.8 Å². The molecule has 0 spiro atoms. The smallest absolute Gasteiger partial charge is 0.397 e. The summed E-state index contributed by atoms with van der Waals surface area (Å²) in [6.45, 7) is 0.661. The van der Waals surface area contributed by atoms with E-state index in [9.17, 15) is 16.8 Å². The van der Waals surface area contributed by atoms with Gasteiger partial charge in [0.25, 0.3) is 0 Å². The molecule has 0 aromatic rings. The summed E-state index contributed by atoms with van der Waals surface area (Å²) in [6, 6.07) is 0. The standard InChI is InChI=1S/C2H6O9S2.C2H6O/c3-12(4,5)10-2-1-9-11-13(6,7)8;1-2-3/h1-2H2,(H,3,4,5)(H,6,7,8);3H,2H2,1H3. The zero-order valence-electron chi connectivity index (χ0n) is 8.14. The van der Waals surface area contributed by atoms with Crippen LogP contribution in [0.25, 0.3) is 0 Å². The van der Waals surface area contributed by atoms with E-state index in [1.807, 2.05) is 0 Å². The molecule has 100 valence electrons. The number of aliphatic hydroxyl groups is 1. The molecular formula is C4H12O10S2. The highest BCUT2D eigenvalue weighted by Gasteiger charge is 2.07. The normalized spacial score (nSPS) is 11.8. The van der Waals surface area contributed by atoms with Gasteiger partial charge in [-0.2, -0.15) is 16.8 Å². The van der Waals surface area contributed by atoms with Gasteiger partial charge in [-0.1, -0.05) is 4.33 Å². The minimum Gasteiger partial charge on any atom is -0.397 e. The molecule has 0 fully saturated rings. The third-order valence-corrected chi connectivity index (χ3v) is 1.27. The van der Waals surface area contributed by atoms with Gasteiger partial charge in [0.05, 0.1) is 6.61 Å². The topological polar surface area (TPSA) is 157 Å². The highest BCUT2D eigenvalue weighted by Crippen LogP contribution is 1.90. The number of hydrogen-bond acceptors (Lipinski definition) is 8. The quantitative estimate of drug-likeness (QED) is 0.228. The van der Waals surface area contributed by atoms with Crippen molar-refractivity contribution in [3.8, 4) is 0 Å². The van der Waals surface area contributed by atoms with Gasteiger partial charge in [-0.3, -0.25) is 9.11 Å². The van der Waals surface area contributed by atoms with Crippen molar-refractivity contribution < 1.29 is 44.5 Å². The van der Waals surface area contributed by atoms with E-state index in [4.69, 9.17) is 14.2 Å². The van der Waals surface area contributed by atoms with Crippen LogP contribution in [0, 0.1) is 0 Å². The Morgan fingerprint density at radius 1 is 1.00 bits per heavy atom. The first-order valence-electron chi connectivity index (χ1n) is 3.63. The van der Waals surface area contributed by atoms with Gasteiger partial charge < -0.3 is 5.11 Å². The van der Waals surface area contributed by atoms with Gasteiger partial charge in [0, 0.05) is 6.61 Å². The summed E-state index contributed by atoms with van der Waals surface area (Å²) in [7, 11) is -9.32. The SMILES string of the molecule is CCO.O=S(=O)(O)OCCOOS(=O)(=O)O. The average Bonchev–Trinajstić information content (AvgIpc) is 2.00. The Morgan fingerprint density at radius 2 is 1.44 bits per heavy atom. The van der Waals surface area contributed by atoms with Crippen molar-refractivity contribution in [2.75, 3.05) is 19.8 Å². The van der Waals surface area contributed by atoms with Crippen LogP contribution in [0.4, 0.5) is 0 Å². The summed E-state index contributed by atoms with van der Waals surface area (Å²) in [4.78, 5) is 3.75. The Bertz CT molecular complexity index is 307. The van der Waals surface area contributed by atoms with Crippen LogP contribution < -0.4 is 0 Å². The third-order valence-electron chi connectivity index (χ3n) is 0.533. The number of aliphatic hydroxyl groups excluding tert-OH is 1. The first kappa shape index (κ1) is 18.0. The predicted molar refractivity (Wildman–Crippen MR) is 48.8 cm³/mol. The highest BCUT2D eigenvalue weighted by molar-refractivity contribution is 7.81. The monoisotopic (exact) mass is 284 g/mol. The zero-order valence-corrected chi connectivity index (χ0v) is 9.77. The lowest BCUT2D eigenvalue weighted by Gasteiger charge is -1.99. The van der Waals surface area contributed by atoms with Gasteiger partial charge in [-0.15, -0.1) is 0 Å². The fourth-order valence-corrected chi connectivity index (χ4v) is 0.736. The summed E-state index contributed by atoms with van der Waals surface area (Å²) in [6.07, 6.45) is 0. The van der Waals surface area contributed by atoms with Crippen LogP contribution in [0.3, 0.4) is 0 Å². The largest absolute Gasteiger partial charge is 0.424 e. The molecule has 0 aromatic heterocycles. The van der Waals surface area contributed by atoms with E-state index in [0.717, 1.165) is 0 Å². The molecule has 12 heteroatoms. The Hall–Kier alpha value is -0.340. The van der Waals surface area contributed by atoms with Crippen LogP contribution in [0.1, 0.15) is 6.92 Å². The molecule has 0 aliphatic carbocycles. The van der Waals surface area contributed by atoms with E-state index in [0.29, 0.717) is 0 Å². The molecule has 0 bridgehead atoms. The molecule has 0 aliphatic heterocycles. The Balaban J connectivity index is 0. The summed E-state index contributed by atoms with van der Waals surface area (Å²) in [5, 5.41) is 7.57. The predicted octanol–water partition coefficient (Wildman–Crippen LogP) is -1.44. The second-order valence-corrected chi connectivity index (χ2v) is 3.97. The van der Waals surface area contributed by atoms with Crippen molar-refractivity contribution in [1.29, 1.82) is 0 Å². The Labute approximate surface area is 92.6 Å². The second kappa shape index (κ2) is 8.77. The molecule has 0 saturated carbocycles. The molecule has 0 unspecified atom stereocenters. The second-order valence-electron chi connectivity index (χ2n) is 1.88. The molecular weight excluding hydrogens is 272 g/mol. The maximum Gasteiger partial charge on any atom is 0.424 e. The van der Waals surface area contributed by atoms with Gasteiger partial charge in [-0.25, -0.2) is 9.07 Å². The van der Waals surface area contributed by atoms with Crippen LogP contribution in [0.15, 0.2) is 0 Å². The minimum atomic E-state index is -4.73. The Kier molecular flexibility index (Phi) is 9.89. The molecule has 0 amide bonds. The fourth-order valence-electron chi connectivity index (χ4n) is 0.268. The lowest BCUT2D eigenvalue weighted by Crippen LogP contribution is -2.12. The molecule has 0 radical (unpaired) electrons. The molecule has 3 N–H and O–H groups in total. The fraction of sp³-hybridized carbons (Fsp3) is 1.00. The first-order valence-corrected chi connectivity index (χ1v) is 6.36. The molecule has 16 heavy (non-hydrogen) atoms. The average molecular weight is 284 g/mol. The molecule has 0 heterocycles.